The van der Waals surface area contributed by atoms with Crippen molar-refractivity contribution in [3.8, 4) is 6.07 Å². The summed E-state index contributed by atoms with van der Waals surface area (Å²) < 4.78 is 5.85. The molecular weight excluding hydrogens is 284 g/mol. The van der Waals surface area contributed by atoms with Crippen molar-refractivity contribution in [1.29, 1.82) is 5.26 Å². The molecule has 2 fully saturated rings. The number of benzene rings is 1. The summed E-state index contributed by atoms with van der Waals surface area (Å²) in [5.41, 5.74) is 1.04. The molecule has 0 aromatic heterocycles. The van der Waals surface area contributed by atoms with Crippen molar-refractivity contribution in [2.24, 2.45) is 11.3 Å². The Balaban J connectivity index is 1.60. The lowest BCUT2D eigenvalue weighted by Gasteiger charge is -2.47. The van der Waals surface area contributed by atoms with E-state index in [2.05, 4.69) is 55.1 Å². The number of rotatable bonds is 3. The average Bonchev–Trinajstić information content (AvgIpc) is 2.55. The first-order chi connectivity index (χ1) is 11.0. The van der Waals surface area contributed by atoms with Gasteiger partial charge in [-0.15, -0.1) is 0 Å². The van der Waals surface area contributed by atoms with E-state index >= 15 is 0 Å². The van der Waals surface area contributed by atoms with Crippen LogP contribution in [0.5, 0.6) is 0 Å². The van der Waals surface area contributed by atoms with Crippen LogP contribution in [0.1, 0.15) is 45.1 Å². The van der Waals surface area contributed by atoms with Crippen LogP contribution in [0.2, 0.25) is 0 Å². The standard InChI is InChI=1S/C20H28N2O/c1-19(2)15-20(16-21,10-13-23-19)18-8-11-22(12-9-18)14-17-6-4-3-5-7-17/h3-7,18H,8-15H2,1-2H3. The van der Waals surface area contributed by atoms with Gasteiger partial charge in [-0.25, -0.2) is 0 Å². The number of hydrogen-bond acceptors (Lipinski definition) is 3. The predicted octanol–water partition coefficient (Wildman–Crippen LogP) is 4.00. The lowest BCUT2D eigenvalue weighted by atomic mass is 9.64. The molecular formula is C20H28N2O. The van der Waals surface area contributed by atoms with Crippen LogP contribution in [0.3, 0.4) is 0 Å². The molecule has 0 bridgehead atoms. The van der Waals surface area contributed by atoms with E-state index in [0.29, 0.717) is 5.92 Å². The fraction of sp³-hybridized carbons (Fsp3) is 0.650. The monoisotopic (exact) mass is 312 g/mol. The van der Waals surface area contributed by atoms with Gasteiger partial charge in [0.25, 0.3) is 0 Å². The SMILES string of the molecule is CC1(C)CC(C#N)(C2CCN(Cc3ccccc3)CC2)CCO1. The molecule has 0 amide bonds. The van der Waals surface area contributed by atoms with Gasteiger partial charge in [-0.3, -0.25) is 4.90 Å². The van der Waals surface area contributed by atoms with E-state index in [4.69, 9.17) is 4.74 Å². The highest BCUT2D eigenvalue weighted by molar-refractivity contribution is 5.15. The molecule has 0 saturated carbocycles. The molecule has 0 radical (unpaired) electrons. The molecule has 2 aliphatic heterocycles. The van der Waals surface area contributed by atoms with Gasteiger partial charge in [-0.05, 0) is 64.1 Å². The van der Waals surface area contributed by atoms with Gasteiger partial charge in [0.1, 0.15) is 0 Å². The maximum Gasteiger partial charge on any atom is 0.0694 e. The molecule has 0 N–H and O–H groups in total. The molecule has 23 heavy (non-hydrogen) atoms. The lowest BCUT2D eigenvalue weighted by molar-refractivity contribution is -0.109. The molecule has 3 heteroatoms. The number of nitrogens with zero attached hydrogens (tertiary/aromatic N) is 2. The summed E-state index contributed by atoms with van der Waals surface area (Å²) in [7, 11) is 0. The zero-order valence-electron chi connectivity index (χ0n) is 14.4. The van der Waals surface area contributed by atoms with Crippen molar-refractivity contribution < 1.29 is 4.74 Å². The maximum absolute atomic E-state index is 9.91. The van der Waals surface area contributed by atoms with E-state index in [9.17, 15) is 5.26 Å². The molecule has 3 rings (SSSR count). The Hall–Kier alpha value is -1.37. The highest BCUT2D eigenvalue weighted by Gasteiger charge is 2.47. The average molecular weight is 312 g/mol. The Bertz CT molecular complexity index is 555. The van der Waals surface area contributed by atoms with Crippen LogP contribution in [0.25, 0.3) is 0 Å². The zero-order valence-corrected chi connectivity index (χ0v) is 14.4. The van der Waals surface area contributed by atoms with Crippen molar-refractivity contribution in [3.05, 3.63) is 35.9 Å². The van der Waals surface area contributed by atoms with Crippen LogP contribution >= 0.6 is 0 Å². The Morgan fingerprint density at radius 1 is 1.22 bits per heavy atom. The van der Waals surface area contributed by atoms with Gasteiger partial charge >= 0.3 is 0 Å². The second kappa shape index (κ2) is 6.63. The number of likely N-dealkylation sites (tertiary alicyclic amines) is 1. The topological polar surface area (TPSA) is 36.3 Å². The quantitative estimate of drug-likeness (QED) is 0.846. The maximum atomic E-state index is 9.91. The third-order valence-corrected chi connectivity index (χ3v) is 5.62. The van der Waals surface area contributed by atoms with Crippen LogP contribution in [0, 0.1) is 22.7 Å². The third kappa shape index (κ3) is 3.76. The van der Waals surface area contributed by atoms with Crippen LogP contribution in [0.4, 0.5) is 0 Å². The zero-order chi connectivity index (χ0) is 16.3. The fourth-order valence-corrected chi connectivity index (χ4v) is 4.43. The highest BCUT2D eigenvalue weighted by Crippen LogP contribution is 2.47. The molecule has 1 unspecified atom stereocenters. The molecule has 2 saturated heterocycles. The van der Waals surface area contributed by atoms with E-state index in [-0.39, 0.29) is 11.0 Å². The predicted molar refractivity (Wildman–Crippen MR) is 91.8 cm³/mol. The van der Waals surface area contributed by atoms with Crippen molar-refractivity contribution in [3.63, 3.8) is 0 Å². The smallest absolute Gasteiger partial charge is 0.0694 e. The van der Waals surface area contributed by atoms with Crippen molar-refractivity contribution >= 4 is 0 Å². The Morgan fingerprint density at radius 2 is 1.91 bits per heavy atom. The van der Waals surface area contributed by atoms with Crippen LogP contribution in [0.15, 0.2) is 30.3 Å². The first-order valence-corrected chi connectivity index (χ1v) is 8.85. The molecule has 0 aliphatic carbocycles. The molecule has 1 aromatic carbocycles. The molecule has 2 heterocycles. The summed E-state index contributed by atoms with van der Waals surface area (Å²) in [6, 6.07) is 13.4. The highest BCUT2D eigenvalue weighted by atomic mass is 16.5. The first-order valence-electron chi connectivity index (χ1n) is 8.85. The van der Waals surface area contributed by atoms with E-state index in [0.717, 1.165) is 51.9 Å². The van der Waals surface area contributed by atoms with Gasteiger partial charge in [-0.1, -0.05) is 30.3 Å². The fourth-order valence-electron chi connectivity index (χ4n) is 4.43. The summed E-state index contributed by atoms with van der Waals surface area (Å²) in [6.07, 6.45) is 4.04. The minimum Gasteiger partial charge on any atom is -0.375 e. The summed E-state index contributed by atoms with van der Waals surface area (Å²) in [5, 5.41) is 9.91. The van der Waals surface area contributed by atoms with Crippen LogP contribution in [-0.4, -0.2) is 30.2 Å². The largest absolute Gasteiger partial charge is 0.375 e. The number of nitriles is 1. The number of ether oxygens (including phenoxy) is 1. The van der Waals surface area contributed by atoms with Crippen molar-refractivity contribution in [2.75, 3.05) is 19.7 Å². The van der Waals surface area contributed by atoms with E-state index in [1.54, 1.807) is 0 Å². The van der Waals surface area contributed by atoms with E-state index in [1.807, 2.05) is 0 Å². The van der Waals surface area contributed by atoms with Gasteiger partial charge in [0.15, 0.2) is 0 Å². The van der Waals surface area contributed by atoms with Crippen LogP contribution in [-0.2, 0) is 11.3 Å². The molecule has 0 spiro atoms. The summed E-state index contributed by atoms with van der Waals surface area (Å²) in [4.78, 5) is 2.53. The molecule has 1 aromatic rings. The lowest BCUT2D eigenvalue weighted by Crippen LogP contribution is -2.47. The minimum absolute atomic E-state index is 0.158. The van der Waals surface area contributed by atoms with Gasteiger partial charge in [0, 0.05) is 13.2 Å². The van der Waals surface area contributed by atoms with E-state index < -0.39 is 0 Å². The summed E-state index contributed by atoms with van der Waals surface area (Å²) in [5.74, 6) is 0.516. The third-order valence-electron chi connectivity index (χ3n) is 5.62. The van der Waals surface area contributed by atoms with Crippen molar-refractivity contribution in [1.82, 2.24) is 4.90 Å². The molecule has 2 aliphatic rings. The van der Waals surface area contributed by atoms with E-state index in [1.165, 1.54) is 5.56 Å². The summed E-state index contributed by atoms with van der Waals surface area (Å²) in [6.45, 7) is 8.21. The van der Waals surface area contributed by atoms with Crippen molar-refractivity contribution in [2.45, 2.75) is 51.7 Å². The second-order valence-electron chi connectivity index (χ2n) is 7.84. The normalized spacial score (nSPS) is 29.1. The Morgan fingerprint density at radius 3 is 2.52 bits per heavy atom. The van der Waals surface area contributed by atoms with Gasteiger partial charge in [-0.2, -0.15) is 5.26 Å². The number of hydrogen-bond donors (Lipinski definition) is 0. The molecule has 124 valence electrons. The van der Waals surface area contributed by atoms with Crippen LogP contribution < -0.4 is 0 Å². The Labute approximate surface area is 140 Å². The number of piperidine rings is 1. The van der Waals surface area contributed by atoms with Gasteiger partial charge in [0.05, 0.1) is 17.1 Å². The summed E-state index contributed by atoms with van der Waals surface area (Å²) >= 11 is 0. The first kappa shape index (κ1) is 16.5. The second-order valence-corrected chi connectivity index (χ2v) is 7.84. The Kier molecular flexibility index (Phi) is 4.75. The van der Waals surface area contributed by atoms with Gasteiger partial charge in [0.2, 0.25) is 0 Å². The molecule has 3 nitrogen and oxygen atoms in total. The minimum atomic E-state index is -0.180. The molecule has 1 atom stereocenters. The van der Waals surface area contributed by atoms with Gasteiger partial charge < -0.3 is 4.74 Å².